The van der Waals surface area contributed by atoms with Gasteiger partial charge in [-0.15, -0.1) is 0 Å². The van der Waals surface area contributed by atoms with Gasteiger partial charge < -0.3 is 10.6 Å². The molecule has 5 rings (SSSR count). The van der Waals surface area contributed by atoms with Crippen LogP contribution in [0.2, 0.25) is 0 Å². The number of nitrogens with zero attached hydrogens (tertiary/aromatic N) is 2. The second-order valence-electron chi connectivity index (χ2n) is 9.17. The fourth-order valence-electron chi connectivity index (χ4n) is 4.91. The molecule has 1 amide bonds. The molecule has 3 aromatic rings. The molecule has 2 fully saturated rings. The van der Waals surface area contributed by atoms with Gasteiger partial charge in [0.05, 0.1) is 17.4 Å². The van der Waals surface area contributed by atoms with Crippen molar-refractivity contribution in [3.05, 3.63) is 80.0 Å². The summed E-state index contributed by atoms with van der Waals surface area (Å²) in [4.78, 5) is 41.8. The lowest BCUT2D eigenvalue weighted by atomic mass is 9.91. The lowest BCUT2D eigenvalue weighted by Crippen LogP contribution is -2.30. The molecule has 32 heavy (non-hydrogen) atoms. The first-order valence-electron chi connectivity index (χ1n) is 11.4. The minimum Gasteiger partial charge on any atom is -0.366 e. The molecule has 3 N–H and O–H groups in total. The Morgan fingerprint density at radius 2 is 1.91 bits per heavy atom. The first kappa shape index (κ1) is 20.7. The van der Waals surface area contributed by atoms with E-state index in [2.05, 4.69) is 9.88 Å². The van der Waals surface area contributed by atoms with Gasteiger partial charge in [-0.3, -0.25) is 19.1 Å². The number of rotatable bonds is 7. The van der Waals surface area contributed by atoms with Gasteiger partial charge in [-0.1, -0.05) is 37.1 Å². The molecule has 1 aromatic heterocycles. The van der Waals surface area contributed by atoms with E-state index < -0.39 is 17.2 Å². The molecule has 0 spiro atoms. The average Bonchev–Trinajstić information content (AvgIpc) is 3.50. The highest BCUT2D eigenvalue weighted by Gasteiger charge is 2.29. The number of nitrogens with one attached hydrogen (secondary N) is 1. The van der Waals surface area contributed by atoms with Gasteiger partial charge in [0.2, 0.25) is 5.91 Å². The number of para-hydroxylation sites is 1. The van der Waals surface area contributed by atoms with E-state index in [1.165, 1.54) is 23.8 Å². The van der Waals surface area contributed by atoms with Crippen LogP contribution in [0.25, 0.3) is 10.9 Å². The molecular weight excluding hydrogens is 404 g/mol. The zero-order chi connectivity index (χ0) is 22.2. The molecule has 7 heteroatoms. The van der Waals surface area contributed by atoms with Gasteiger partial charge >= 0.3 is 5.69 Å². The van der Waals surface area contributed by atoms with Crippen molar-refractivity contribution in [1.29, 1.82) is 0 Å². The van der Waals surface area contributed by atoms with Crippen molar-refractivity contribution in [3.63, 3.8) is 0 Å². The summed E-state index contributed by atoms with van der Waals surface area (Å²) in [5, 5.41) is 0.455. The maximum atomic E-state index is 12.5. The summed E-state index contributed by atoms with van der Waals surface area (Å²) in [7, 11) is 0. The highest BCUT2D eigenvalue weighted by Crippen LogP contribution is 2.35. The third kappa shape index (κ3) is 4.12. The van der Waals surface area contributed by atoms with Gasteiger partial charge in [0.25, 0.3) is 5.56 Å². The molecule has 0 bridgehead atoms. The third-order valence-corrected chi connectivity index (χ3v) is 6.89. The molecular formula is C25H28N4O3. The lowest BCUT2D eigenvalue weighted by molar-refractivity contribution is 0.0999. The van der Waals surface area contributed by atoms with E-state index in [4.69, 9.17) is 5.73 Å². The van der Waals surface area contributed by atoms with E-state index >= 15 is 0 Å². The molecule has 1 atom stereocenters. The quantitative estimate of drug-likeness (QED) is 0.599. The fraction of sp³-hybridized carbons (Fsp3) is 0.400. The first-order valence-corrected chi connectivity index (χ1v) is 11.4. The van der Waals surface area contributed by atoms with Crippen LogP contribution in [0.15, 0.2) is 52.1 Å². The number of benzene rings is 2. The van der Waals surface area contributed by atoms with Crippen molar-refractivity contribution in [2.75, 3.05) is 19.6 Å². The molecule has 1 aliphatic heterocycles. The Hall–Kier alpha value is -3.19. The Morgan fingerprint density at radius 3 is 2.69 bits per heavy atom. The lowest BCUT2D eigenvalue weighted by Gasteiger charge is -2.18. The van der Waals surface area contributed by atoms with E-state index in [9.17, 15) is 14.4 Å². The number of primary amides is 1. The van der Waals surface area contributed by atoms with Gasteiger partial charge in [-0.2, -0.15) is 0 Å². The number of hydrogen-bond acceptors (Lipinski definition) is 4. The summed E-state index contributed by atoms with van der Waals surface area (Å²) in [5.41, 5.74) is 7.77. The van der Waals surface area contributed by atoms with Crippen LogP contribution >= 0.6 is 0 Å². The number of aromatic nitrogens is 2. The SMILES string of the molecule is NC(=O)c1cc(Cn2c(=O)[nH]c(=O)c3ccccc32)ccc1C1CCN(CCC2CC2)C1. The highest BCUT2D eigenvalue weighted by atomic mass is 16.2. The van der Waals surface area contributed by atoms with Crippen molar-refractivity contribution in [2.24, 2.45) is 11.7 Å². The number of aromatic amines is 1. The Kier molecular flexibility index (Phi) is 5.43. The summed E-state index contributed by atoms with van der Waals surface area (Å²) in [6.45, 7) is 3.38. The molecule has 7 nitrogen and oxygen atoms in total. The molecule has 0 radical (unpaired) electrons. The molecule has 2 aromatic carbocycles. The number of amides is 1. The molecule has 2 heterocycles. The van der Waals surface area contributed by atoms with E-state index in [1.54, 1.807) is 30.3 Å². The molecule has 1 unspecified atom stereocenters. The predicted octanol–water partition coefficient (Wildman–Crippen LogP) is 2.43. The maximum absolute atomic E-state index is 12.5. The summed E-state index contributed by atoms with van der Waals surface area (Å²) in [6, 6.07) is 12.8. The normalized spacial score (nSPS) is 18.9. The smallest absolute Gasteiger partial charge is 0.329 e. The summed E-state index contributed by atoms with van der Waals surface area (Å²) in [6.07, 6.45) is 5.04. The number of fused-ring (bicyclic) bond motifs is 1. The van der Waals surface area contributed by atoms with Crippen LogP contribution in [0.1, 0.15) is 53.1 Å². The van der Waals surface area contributed by atoms with Gasteiger partial charge in [-0.05, 0) is 67.1 Å². The standard InChI is InChI=1S/C25H28N4O3/c26-23(30)21-13-17(14-29-22-4-2-1-3-20(22)24(31)27-25(29)32)7-8-19(21)18-10-12-28(15-18)11-9-16-5-6-16/h1-4,7-8,13,16,18H,5-6,9-12,14-15H2,(H2,26,30)(H,27,31,32). The van der Waals surface area contributed by atoms with Crippen molar-refractivity contribution < 1.29 is 4.79 Å². The summed E-state index contributed by atoms with van der Waals surface area (Å²) < 4.78 is 1.52. The molecule has 166 valence electrons. The zero-order valence-corrected chi connectivity index (χ0v) is 18.0. The summed E-state index contributed by atoms with van der Waals surface area (Å²) in [5.74, 6) is 0.765. The van der Waals surface area contributed by atoms with E-state index in [0.717, 1.165) is 43.1 Å². The van der Waals surface area contributed by atoms with Crippen LogP contribution in [0.4, 0.5) is 0 Å². The number of nitrogens with two attached hydrogens (primary N) is 1. The Balaban J connectivity index is 1.42. The van der Waals surface area contributed by atoms with Gasteiger partial charge in [0.1, 0.15) is 0 Å². The molecule has 1 saturated heterocycles. The number of likely N-dealkylation sites (tertiary alicyclic amines) is 1. The van der Waals surface area contributed by atoms with Crippen molar-refractivity contribution in [2.45, 2.75) is 38.1 Å². The van der Waals surface area contributed by atoms with Gasteiger partial charge in [-0.25, -0.2) is 4.79 Å². The predicted molar refractivity (Wildman–Crippen MR) is 124 cm³/mol. The van der Waals surface area contributed by atoms with Crippen LogP contribution in [0.5, 0.6) is 0 Å². The van der Waals surface area contributed by atoms with Crippen LogP contribution in [0.3, 0.4) is 0 Å². The van der Waals surface area contributed by atoms with Crippen molar-refractivity contribution >= 4 is 16.8 Å². The van der Waals surface area contributed by atoms with Crippen molar-refractivity contribution in [3.8, 4) is 0 Å². The first-order chi connectivity index (χ1) is 15.5. The van der Waals surface area contributed by atoms with E-state index in [0.29, 0.717) is 22.4 Å². The topological polar surface area (TPSA) is 101 Å². The van der Waals surface area contributed by atoms with Crippen LogP contribution in [-0.2, 0) is 6.54 Å². The zero-order valence-electron chi connectivity index (χ0n) is 18.0. The van der Waals surface area contributed by atoms with E-state index in [-0.39, 0.29) is 6.54 Å². The molecule has 1 aliphatic carbocycles. The minimum absolute atomic E-state index is 0.245. The fourth-order valence-corrected chi connectivity index (χ4v) is 4.91. The number of carbonyl (C=O) groups is 1. The average molecular weight is 433 g/mol. The minimum atomic E-state index is -0.472. The largest absolute Gasteiger partial charge is 0.366 e. The maximum Gasteiger partial charge on any atom is 0.329 e. The third-order valence-electron chi connectivity index (χ3n) is 6.89. The van der Waals surface area contributed by atoms with Gasteiger partial charge in [0, 0.05) is 12.1 Å². The van der Waals surface area contributed by atoms with Gasteiger partial charge in [0.15, 0.2) is 0 Å². The van der Waals surface area contributed by atoms with E-state index in [1.807, 2.05) is 12.1 Å². The Bertz CT molecular complexity index is 1290. The number of hydrogen-bond donors (Lipinski definition) is 2. The Morgan fingerprint density at radius 1 is 1.09 bits per heavy atom. The molecule has 1 saturated carbocycles. The highest BCUT2D eigenvalue weighted by molar-refractivity contribution is 5.94. The second-order valence-corrected chi connectivity index (χ2v) is 9.17. The molecule has 2 aliphatic rings. The number of carbonyl (C=O) groups excluding carboxylic acids is 1. The van der Waals surface area contributed by atoms with Crippen molar-refractivity contribution in [1.82, 2.24) is 14.5 Å². The van der Waals surface area contributed by atoms with Crippen LogP contribution in [-0.4, -0.2) is 40.0 Å². The Labute approximate surface area is 185 Å². The van der Waals surface area contributed by atoms with Crippen LogP contribution in [0, 0.1) is 5.92 Å². The monoisotopic (exact) mass is 432 g/mol. The second kappa shape index (κ2) is 8.39. The van der Waals surface area contributed by atoms with Crippen LogP contribution < -0.4 is 17.0 Å². The number of H-pyrrole nitrogens is 1. The summed E-state index contributed by atoms with van der Waals surface area (Å²) >= 11 is 0.